The number of aryl methyl sites for hydroxylation is 1. The molecule has 0 spiro atoms. The van der Waals surface area contributed by atoms with Crippen LogP contribution in [-0.2, 0) is 0 Å². The number of fused-ring (bicyclic) bond motifs is 1. The summed E-state index contributed by atoms with van der Waals surface area (Å²) in [6.07, 6.45) is 2.85. The molecule has 1 atom stereocenters. The maximum Gasteiger partial charge on any atom is 0.319 e. The highest BCUT2D eigenvalue weighted by Gasteiger charge is 2.25. The lowest BCUT2D eigenvalue weighted by molar-refractivity contribution is 0.241. The van der Waals surface area contributed by atoms with Crippen LogP contribution in [0.25, 0.3) is 11.0 Å². The zero-order chi connectivity index (χ0) is 20.5. The Morgan fingerprint density at radius 1 is 1.24 bits per heavy atom. The average Bonchev–Trinajstić information content (AvgIpc) is 2.96. The minimum Gasteiger partial charge on any atom is -0.459 e. The highest BCUT2D eigenvalue weighted by molar-refractivity contribution is 5.90. The Bertz CT molecular complexity index is 1030. The number of furan rings is 1. The van der Waals surface area contributed by atoms with E-state index in [1.165, 1.54) is 18.6 Å². The van der Waals surface area contributed by atoms with E-state index in [0.29, 0.717) is 17.0 Å². The van der Waals surface area contributed by atoms with Crippen LogP contribution in [0.1, 0.15) is 37.6 Å². The first-order valence-electron chi connectivity index (χ1n) is 9.89. The number of pyridine rings is 1. The van der Waals surface area contributed by atoms with Crippen molar-refractivity contribution < 1.29 is 13.6 Å². The second-order valence-corrected chi connectivity index (χ2v) is 7.80. The van der Waals surface area contributed by atoms with Gasteiger partial charge in [-0.2, -0.15) is 0 Å². The van der Waals surface area contributed by atoms with Gasteiger partial charge >= 0.3 is 6.03 Å². The number of amides is 2. The molecule has 1 aliphatic heterocycles. The van der Waals surface area contributed by atoms with Gasteiger partial charge in [0.05, 0.1) is 17.9 Å². The molecule has 3 aromatic rings. The molecule has 29 heavy (non-hydrogen) atoms. The minimum atomic E-state index is -0.348. The molecule has 3 heterocycles. The fourth-order valence-corrected chi connectivity index (χ4v) is 3.54. The summed E-state index contributed by atoms with van der Waals surface area (Å²) in [5, 5.41) is 6.53. The number of nitrogens with one attached hydrogen (secondary N) is 2. The summed E-state index contributed by atoms with van der Waals surface area (Å²) in [5.74, 6) is 1.33. The topological polar surface area (TPSA) is 70.4 Å². The number of rotatable bonds is 5. The molecule has 4 rings (SSSR count). The lowest BCUT2D eigenvalue weighted by atomic mass is 9.98. The van der Waals surface area contributed by atoms with E-state index in [1.807, 2.05) is 32.9 Å². The van der Waals surface area contributed by atoms with Crippen molar-refractivity contribution in [3.63, 3.8) is 0 Å². The maximum absolute atomic E-state index is 13.6. The number of carbonyl (C=O) groups is 1. The molecular formula is C22H25FN4O2. The molecule has 1 aromatic carbocycles. The Balaban J connectivity index is 1.49. The van der Waals surface area contributed by atoms with E-state index in [0.717, 1.165) is 29.9 Å². The first-order chi connectivity index (χ1) is 13.9. The fourth-order valence-electron chi connectivity index (χ4n) is 3.54. The van der Waals surface area contributed by atoms with Crippen LogP contribution in [0.15, 0.2) is 40.9 Å². The quantitative estimate of drug-likeness (QED) is 0.636. The van der Waals surface area contributed by atoms with E-state index in [9.17, 15) is 9.18 Å². The molecule has 1 unspecified atom stereocenters. The smallest absolute Gasteiger partial charge is 0.319 e. The van der Waals surface area contributed by atoms with Crippen LogP contribution in [0.3, 0.4) is 0 Å². The predicted molar refractivity (Wildman–Crippen MR) is 112 cm³/mol. The third-order valence-electron chi connectivity index (χ3n) is 5.36. The van der Waals surface area contributed by atoms with Crippen molar-refractivity contribution in [2.75, 3.05) is 23.3 Å². The van der Waals surface area contributed by atoms with Crippen LogP contribution < -0.4 is 15.5 Å². The predicted octanol–water partition coefficient (Wildman–Crippen LogP) is 5.00. The molecule has 6 nitrogen and oxygen atoms in total. The van der Waals surface area contributed by atoms with Gasteiger partial charge in [0.15, 0.2) is 0 Å². The highest BCUT2D eigenvalue weighted by Crippen LogP contribution is 2.33. The van der Waals surface area contributed by atoms with Gasteiger partial charge in [0.2, 0.25) is 0 Å². The van der Waals surface area contributed by atoms with E-state index < -0.39 is 0 Å². The number of benzene rings is 1. The summed E-state index contributed by atoms with van der Waals surface area (Å²) in [6, 6.07) is 7.51. The summed E-state index contributed by atoms with van der Waals surface area (Å²) in [4.78, 5) is 19.2. The van der Waals surface area contributed by atoms with E-state index >= 15 is 0 Å². The van der Waals surface area contributed by atoms with Crippen molar-refractivity contribution in [2.45, 2.75) is 33.2 Å². The lowest BCUT2D eigenvalue weighted by Gasteiger charge is -2.31. The van der Waals surface area contributed by atoms with Crippen molar-refractivity contribution in [3.8, 4) is 0 Å². The number of urea groups is 1. The van der Waals surface area contributed by atoms with Crippen molar-refractivity contribution in [3.05, 3.63) is 53.7 Å². The molecule has 0 bridgehead atoms. The monoisotopic (exact) mass is 396 g/mol. The molecule has 0 radical (unpaired) electrons. The number of carbonyl (C=O) groups excluding carboxylic acids is 1. The molecule has 0 aliphatic carbocycles. The second kappa shape index (κ2) is 7.73. The Hall–Kier alpha value is -3.09. The van der Waals surface area contributed by atoms with Crippen LogP contribution in [0.5, 0.6) is 0 Å². The lowest BCUT2D eigenvalue weighted by Crippen LogP contribution is -2.37. The van der Waals surface area contributed by atoms with Crippen molar-refractivity contribution in [2.24, 2.45) is 5.92 Å². The van der Waals surface area contributed by atoms with E-state index in [4.69, 9.17) is 4.42 Å². The average molecular weight is 396 g/mol. The van der Waals surface area contributed by atoms with Crippen LogP contribution in [0.4, 0.5) is 20.7 Å². The van der Waals surface area contributed by atoms with Gasteiger partial charge < -0.3 is 20.0 Å². The summed E-state index contributed by atoms with van der Waals surface area (Å²) in [6.45, 7) is 7.94. The van der Waals surface area contributed by atoms with Crippen LogP contribution in [-0.4, -0.2) is 24.1 Å². The zero-order valence-electron chi connectivity index (χ0n) is 16.8. The molecule has 0 saturated carbocycles. The number of nitrogens with zero attached hydrogens (tertiary/aromatic N) is 2. The van der Waals surface area contributed by atoms with Crippen molar-refractivity contribution >= 4 is 28.5 Å². The van der Waals surface area contributed by atoms with Gasteiger partial charge in [0, 0.05) is 24.0 Å². The Kier molecular flexibility index (Phi) is 5.13. The summed E-state index contributed by atoms with van der Waals surface area (Å²) < 4.78 is 19.6. The van der Waals surface area contributed by atoms with Gasteiger partial charge in [-0.05, 0) is 49.6 Å². The third kappa shape index (κ3) is 3.90. The molecule has 2 aromatic heterocycles. The number of hydrogen-bond donors (Lipinski definition) is 2. The minimum absolute atomic E-state index is 0.0803. The maximum atomic E-state index is 13.6. The molecule has 1 aliphatic rings. The van der Waals surface area contributed by atoms with Gasteiger partial charge in [-0.15, -0.1) is 0 Å². The normalized spacial score (nSPS) is 14.7. The molecule has 1 fully saturated rings. The van der Waals surface area contributed by atoms with Gasteiger partial charge in [-0.25, -0.2) is 14.2 Å². The van der Waals surface area contributed by atoms with Crippen LogP contribution in [0, 0.1) is 18.7 Å². The van der Waals surface area contributed by atoms with Gasteiger partial charge in [0.25, 0.3) is 0 Å². The third-order valence-corrected chi connectivity index (χ3v) is 5.36. The number of aromatic nitrogens is 1. The Labute approximate surface area is 169 Å². The Morgan fingerprint density at radius 3 is 2.66 bits per heavy atom. The first-order valence-corrected chi connectivity index (χ1v) is 9.89. The number of hydrogen-bond acceptors (Lipinski definition) is 4. The molecule has 1 saturated heterocycles. The van der Waals surface area contributed by atoms with E-state index in [-0.39, 0.29) is 23.8 Å². The SMILES string of the molecule is Cc1c(C(NC(=O)Nc2ccc(N3CCC3)nc2)C(C)C)oc2ccc(F)cc12. The standard InChI is InChI=1S/C22H25FN4O2/c1-13(2)20(21-14(3)17-11-15(23)5-7-18(17)29-21)26-22(28)25-16-6-8-19(24-12-16)27-9-4-10-27/h5-8,11-13,20H,4,9-10H2,1-3H3,(H2,25,26,28). The molecule has 2 amide bonds. The molecular weight excluding hydrogens is 371 g/mol. The second-order valence-electron chi connectivity index (χ2n) is 7.80. The number of anilines is 2. The van der Waals surface area contributed by atoms with Crippen molar-refractivity contribution in [1.29, 1.82) is 0 Å². The summed E-state index contributed by atoms with van der Waals surface area (Å²) in [7, 11) is 0. The first kappa shape index (κ1) is 19.2. The molecule has 152 valence electrons. The van der Waals surface area contributed by atoms with Crippen LogP contribution >= 0.6 is 0 Å². The fraction of sp³-hybridized carbons (Fsp3) is 0.364. The van der Waals surface area contributed by atoms with Gasteiger partial charge in [-0.1, -0.05) is 13.8 Å². The molecule has 2 N–H and O–H groups in total. The zero-order valence-corrected chi connectivity index (χ0v) is 16.8. The van der Waals surface area contributed by atoms with Gasteiger partial charge in [-0.3, -0.25) is 0 Å². The number of halogens is 1. The van der Waals surface area contributed by atoms with E-state index in [1.54, 1.807) is 12.3 Å². The highest BCUT2D eigenvalue weighted by atomic mass is 19.1. The Morgan fingerprint density at radius 2 is 2.03 bits per heavy atom. The largest absolute Gasteiger partial charge is 0.459 e. The van der Waals surface area contributed by atoms with Crippen LogP contribution in [0.2, 0.25) is 0 Å². The summed E-state index contributed by atoms with van der Waals surface area (Å²) >= 11 is 0. The summed E-state index contributed by atoms with van der Waals surface area (Å²) in [5.41, 5.74) is 2.06. The van der Waals surface area contributed by atoms with Crippen molar-refractivity contribution in [1.82, 2.24) is 10.3 Å². The van der Waals surface area contributed by atoms with E-state index in [2.05, 4.69) is 20.5 Å². The van der Waals surface area contributed by atoms with Gasteiger partial charge in [0.1, 0.15) is 23.0 Å². The molecule has 7 heteroatoms.